The van der Waals surface area contributed by atoms with Crippen molar-refractivity contribution in [2.45, 2.75) is 31.9 Å². The van der Waals surface area contributed by atoms with Gasteiger partial charge in [0.25, 0.3) is 0 Å². The number of amides is 1. The predicted molar refractivity (Wildman–Crippen MR) is 70.2 cm³/mol. The van der Waals surface area contributed by atoms with E-state index in [1.165, 1.54) is 6.33 Å². The number of ether oxygens (including phenoxy) is 1. The predicted octanol–water partition coefficient (Wildman–Crippen LogP) is 1.16. The first kappa shape index (κ1) is 13.3. The molecule has 0 N–H and O–H groups in total. The third kappa shape index (κ3) is 2.34. The molecule has 2 heterocycles. The lowest BCUT2D eigenvalue weighted by atomic mass is 9.82. The fourth-order valence-electron chi connectivity index (χ4n) is 2.90. The van der Waals surface area contributed by atoms with Crippen molar-refractivity contribution in [3.63, 3.8) is 0 Å². The molecule has 3 rings (SSSR count). The second-order valence-electron chi connectivity index (χ2n) is 5.40. The van der Waals surface area contributed by atoms with Crippen molar-refractivity contribution >= 4 is 5.91 Å². The number of alkyl halides is 1. The summed E-state index contributed by atoms with van der Waals surface area (Å²) in [6.07, 6.45) is 2.85. The summed E-state index contributed by atoms with van der Waals surface area (Å²) in [7, 11) is 1.59. The zero-order valence-electron chi connectivity index (χ0n) is 11.5. The molecule has 5 nitrogen and oxygen atoms in total. The van der Waals surface area contributed by atoms with Gasteiger partial charge in [0.2, 0.25) is 11.8 Å². The van der Waals surface area contributed by atoms with Crippen molar-refractivity contribution < 1.29 is 13.9 Å². The minimum atomic E-state index is -0.793. The standard InChI is InChI=1S/C14H18FN3O2/c1-20-13-11-2-4-18(5-3-12(11)16-8-17-13)14(19)9-6-10(15)7-9/h8-10H,2-7H2,1H3. The number of carbonyl (C=O) groups excluding carboxylic acids is 1. The van der Waals surface area contributed by atoms with Gasteiger partial charge in [-0.05, 0) is 19.3 Å². The van der Waals surface area contributed by atoms with Gasteiger partial charge in [-0.15, -0.1) is 0 Å². The molecule has 0 spiro atoms. The molecule has 1 fully saturated rings. The number of rotatable bonds is 2. The highest BCUT2D eigenvalue weighted by Crippen LogP contribution is 2.32. The quantitative estimate of drug-likeness (QED) is 0.815. The van der Waals surface area contributed by atoms with Gasteiger partial charge in [0.15, 0.2) is 0 Å². The topological polar surface area (TPSA) is 55.3 Å². The van der Waals surface area contributed by atoms with E-state index in [2.05, 4.69) is 9.97 Å². The van der Waals surface area contributed by atoms with Gasteiger partial charge in [-0.25, -0.2) is 14.4 Å². The molecule has 0 atom stereocenters. The lowest BCUT2D eigenvalue weighted by Crippen LogP contribution is -2.43. The van der Waals surface area contributed by atoms with Crippen LogP contribution < -0.4 is 4.74 Å². The number of methoxy groups -OCH3 is 1. The lowest BCUT2D eigenvalue weighted by molar-refractivity contribution is -0.140. The van der Waals surface area contributed by atoms with E-state index < -0.39 is 6.17 Å². The van der Waals surface area contributed by atoms with Crippen LogP contribution in [0, 0.1) is 5.92 Å². The van der Waals surface area contributed by atoms with E-state index in [0.717, 1.165) is 11.3 Å². The van der Waals surface area contributed by atoms with Gasteiger partial charge in [0, 0.05) is 31.0 Å². The molecule has 20 heavy (non-hydrogen) atoms. The average molecular weight is 279 g/mol. The lowest BCUT2D eigenvalue weighted by Gasteiger charge is -2.33. The van der Waals surface area contributed by atoms with E-state index in [4.69, 9.17) is 4.74 Å². The van der Waals surface area contributed by atoms with Gasteiger partial charge in [-0.3, -0.25) is 4.79 Å². The van der Waals surface area contributed by atoms with Crippen LogP contribution in [0.25, 0.3) is 0 Å². The van der Waals surface area contributed by atoms with Gasteiger partial charge in [-0.1, -0.05) is 0 Å². The summed E-state index contributed by atoms with van der Waals surface area (Å²) >= 11 is 0. The molecule has 0 unspecified atom stereocenters. The van der Waals surface area contributed by atoms with Crippen LogP contribution >= 0.6 is 0 Å². The molecule has 0 aromatic carbocycles. The molecule has 0 radical (unpaired) electrons. The van der Waals surface area contributed by atoms with E-state index in [1.807, 2.05) is 4.90 Å². The van der Waals surface area contributed by atoms with E-state index >= 15 is 0 Å². The Hall–Kier alpha value is -1.72. The van der Waals surface area contributed by atoms with Gasteiger partial charge < -0.3 is 9.64 Å². The van der Waals surface area contributed by atoms with Crippen molar-refractivity contribution in [1.29, 1.82) is 0 Å². The number of hydrogen-bond acceptors (Lipinski definition) is 4. The van der Waals surface area contributed by atoms with E-state index in [-0.39, 0.29) is 11.8 Å². The Labute approximate surface area is 117 Å². The van der Waals surface area contributed by atoms with Crippen LogP contribution in [0.2, 0.25) is 0 Å². The first-order valence-electron chi connectivity index (χ1n) is 6.98. The molecule has 1 amide bonds. The Balaban J connectivity index is 1.71. The fourth-order valence-corrected chi connectivity index (χ4v) is 2.90. The first-order valence-corrected chi connectivity index (χ1v) is 6.98. The molecule has 0 bridgehead atoms. The van der Waals surface area contributed by atoms with Crippen LogP contribution in [0.5, 0.6) is 5.88 Å². The highest BCUT2D eigenvalue weighted by Gasteiger charge is 2.37. The molecular formula is C14H18FN3O2. The smallest absolute Gasteiger partial charge is 0.225 e. The minimum absolute atomic E-state index is 0.0821. The zero-order valence-corrected chi connectivity index (χ0v) is 11.5. The van der Waals surface area contributed by atoms with Crippen LogP contribution in [-0.2, 0) is 17.6 Å². The number of nitrogens with zero attached hydrogens (tertiary/aromatic N) is 3. The van der Waals surface area contributed by atoms with Gasteiger partial charge >= 0.3 is 0 Å². The summed E-state index contributed by atoms with van der Waals surface area (Å²) in [6.45, 7) is 1.27. The van der Waals surface area contributed by atoms with E-state index in [1.54, 1.807) is 7.11 Å². The van der Waals surface area contributed by atoms with Crippen molar-refractivity contribution in [3.05, 3.63) is 17.6 Å². The zero-order chi connectivity index (χ0) is 14.1. The molecule has 2 aliphatic rings. The van der Waals surface area contributed by atoms with Gasteiger partial charge in [-0.2, -0.15) is 0 Å². The van der Waals surface area contributed by atoms with Crippen molar-refractivity contribution in [2.24, 2.45) is 5.92 Å². The minimum Gasteiger partial charge on any atom is -0.481 e. The van der Waals surface area contributed by atoms with Crippen molar-refractivity contribution in [1.82, 2.24) is 14.9 Å². The maximum Gasteiger partial charge on any atom is 0.225 e. The molecule has 1 aliphatic carbocycles. The summed E-state index contributed by atoms with van der Waals surface area (Å²) in [4.78, 5) is 22.5. The summed E-state index contributed by atoms with van der Waals surface area (Å²) in [5, 5.41) is 0. The largest absolute Gasteiger partial charge is 0.481 e. The monoisotopic (exact) mass is 279 g/mol. The Morgan fingerprint density at radius 1 is 1.35 bits per heavy atom. The SMILES string of the molecule is COc1ncnc2c1CCN(C(=O)C1CC(F)C1)CC2. The summed E-state index contributed by atoms with van der Waals surface area (Å²) in [5.74, 6) is 0.551. The summed E-state index contributed by atoms with van der Waals surface area (Å²) in [6, 6.07) is 0. The highest BCUT2D eigenvalue weighted by molar-refractivity contribution is 5.80. The van der Waals surface area contributed by atoms with Crippen molar-refractivity contribution in [3.8, 4) is 5.88 Å². The molecule has 108 valence electrons. The maximum atomic E-state index is 12.9. The average Bonchev–Trinajstić information content (AvgIpc) is 2.65. The number of carbonyl (C=O) groups is 1. The highest BCUT2D eigenvalue weighted by atomic mass is 19.1. The number of halogens is 1. The van der Waals surface area contributed by atoms with E-state index in [0.29, 0.717) is 44.7 Å². The van der Waals surface area contributed by atoms with Crippen molar-refractivity contribution in [2.75, 3.05) is 20.2 Å². The Bertz CT molecular complexity index is 517. The molecule has 1 saturated carbocycles. The third-order valence-electron chi connectivity index (χ3n) is 4.18. The van der Waals surface area contributed by atoms with Crippen LogP contribution in [0.15, 0.2) is 6.33 Å². The maximum absolute atomic E-state index is 12.9. The molecule has 6 heteroatoms. The van der Waals surface area contributed by atoms with Crippen LogP contribution in [0.3, 0.4) is 0 Å². The van der Waals surface area contributed by atoms with Crippen LogP contribution in [-0.4, -0.2) is 47.1 Å². The van der Waals surface area contributed by atoms with Crippen LogP contribution in [0.4, 0.5) is 4.39 Å². The Morgan fingerprint density at radius 3 is 2.80 bits per heavy atom. The summed E-state index contributed by atoms with van der Waals surface area (Å²) < 4.78 is 18.1. The van der Waals surface area contributed by atoms with Crippen LogP contribution in [0.1, 0.15) is 24.1 Å². The number of hydrogen-bond donors (Lipinski definition) is 0. The van der Waals surface area contributed by atoms with Gasteiger partial charge in [0.1, 0.15) is 12.5 Å². The molecule has 0 saturated heterocycles. The molecule has 1 aromatic rings. The Morgan fingerprint density at radius 2 is 2.10 bits per heavy atom. The normalized spacial score (nSPS) is 25.4. The number of aromatic nitrogens is 2. The third-order valence-corrected chi connectivity index (χ3v) is 4.18. The second kappa shape index (κ2) is 5.34. The molecular weight excluding hydrogens is 261 g/mol. The Kier molecular flexibility index (Phi) is 3.54. The van der Waals surface area contributed by atoms with E-state index in [9.17, 15) is 9.18 Å². The molecule has 1 aliphatic heterocycles. The summed E-state index contributed by atoms with van der Waals surface area (Å²) in [5.41, 5.74) is 1.94. The van der Waals surface area contributed by atoms with Gasteiger partial charge in [0.05, 0.1) is 12.8 Å². The second-order valence-corrected chi connectivity index (χ2v) is 5.40. The molecule has 1 aromatic heterocycles. The first-order chi connectivity index (χ1) is 9.69. The fraction of sp³-hybridized carbons (Fsp3) is 0.643. The number of fused-ring (bicyclic) bond motifs is 1.